The molecular formula is C14H10FNO4S. The molecule has 2 rings (SSSR count). The largest absolute Gasteiger partial charge is 0.478 e. The lowest BCUT2D eigenvalue weighted by Crippen LogP contribution is -1.99. The Hall–Kier alpha value is -2.41. The molecule has 0 aliphatic heterocycles. The van der Waals surface area contributed by atoms with Gasteiger partial charge in [0.1, 0.15) is 0 Å². The summed E-state index contributed by atoms with van der Waals surface area (Å²) in [6.45, 7) is 1.66. The molecule has 0 atom stereocenters. The summed E-state index contributed by atoms with van der Waals surface area (Å²) in [5.74, 6) is -2.00. The van der Waals surface area contributed by atoms with E-state index in [0.717, 1.165) is 17.8 Å². The van der Waals surface area contributed by atoms with Gasteiger partial charge in [0, 0.05) is 4.90 Å². The van der Waals surface area contributed by atoms with E-state index < -0.39 is 22.4 Å². The Morgan fingerprint density at radius 3 is 2.67 bits per heavy atom. The van der Waals surface area contributed by atoms with Gasteiger partial charge in [0.25, 0.3) is 0 Å². The predicted octanol–water partition coefficient (Wildman–Crippen LogP) is 3.89. The normalized spacial score (nSPS) is 10.4. The SMILES string of the molecule is Cc1ccc(Sc2cccc(F)c2[N+](=O)[O-])cc1C(=O)O. The molecular weight excluding hydrogens is 297 g/mol. The van der Waals surface area contributed by atoms with E-state index in [4.69, 9.17) is 5.11 Å². The number of hydrogen-bond donors (Lipinski definition) is 1. The van der Waals surface area contributed by atoms with Crippen molar-refractivity contribution in [3.05, 3.63) is 63.5 Å². The average molecular weight is 307 g/mol. The van der Waals surface area contributed by atoms with Crippen molar-refractivity contribution < 1.29 is 19.2 Å². The molecule has 5 nitrogen and oxygen atoms in total. The lowest BCUT2D eigenvalue weighted by atomic mass is 10.1. The topological polar surface area (TPSA) is 80.4 Å². The first-order valence-electron chi connectivity index (χ1n) is 5.85. The van der Waals surface area contributed by atoms with Crippen molar-refractivity contribution in [1.82, 2.24) is 0 Å². The summed E-state index contributed by atoms with van der Waals surface area (Å²) in [6, 6.07) is 8.47. The molecule has 0 fully saturated rings. The highest BCUT2D eigenvalue weighted by atomic mass is 32.2. The first kappa shape index (κ1) is 15.0. The Bertz CT molecular complexity index is 733. The van der Waals surface area contributed by atoms with E-state index >= 15 is 0 Å². The number of benzene rings is 2. The number of aromatic carboxylic acids is 1. The van der Waals surface area contributed by atoms with Crippen molar-refractivity contribution in [3.63, 3.8) is 0 Å². The highest BCUT2D eigenvalue weighted by molar-refractivity contribution is 7.99. The number of nitro benzene ring substituents is 1. The van der Waals surface area contributed by atoms with Crippen LogP contribution in [0.5, 0.6) is 0 Å². The number of hydrogen-bond acceptors (Lipinski definition) is 4. The molecule has 0 unspecified atom stereocenters. The van der Waals surface area contributed by atoms with E-state index in [9.17, 15) is 19.3 Å². The zero-order chi connectivity index (χ0) is 15.6. The van der Waals surface area contributed by atoms with Gasteiger partial charge in [-0.2, -0.15) is 4.39 Å². The number of nitro groups is 1. The third-order valence-electron chi connectivity index (χ3n) is 2.80. The van der Waals surface area contributed by atoms with Crippen LogP contribution in [0.4, 0.5) is 10.1 Å². The predicted molar refractivity (Wildman–Crippen MR) is 75.3 cm³/mol. The summed E-state index contributed by atoms with van der Waals surface area (Å²) in [4.78, 5) is 21.8. The van der Waals surface area contributed by atoms with E-state index in [2.05, 4.69) is 0 Å². The van der Waals surface area contributed by atoms with Crippen LogP contribution >= 0.6 is 11.8 Å². The molecule has 7 heteroatoms. The highest BCUT2D eigenvalue weighted by Gasteiger charge is 2.21. The average Bonchev–Trinajstić information content (AvgIpc) is 2.40. The Morgan fingerprint density at radius 2 is 2.05 bits per heavy atom. The molecule has 21 heavy (non-hydrogen) atoms. The number of carboxylic acids is 1. The molecule has 0 saturated carbocycles. The van der Waals surface area contributed by atoms with Gasteiger partial charge in [0.2, 0.25) is 5.82 Å². The van der Waals surface area contributed by atoms with Crippen molar-refractivity contribution in [3.8, 4) is 0 Å². The molecule has 0 spiro atoms. The molecule has 2 aromatic carbocycles. The van der Waals surface area contributed by atoms with E-state index in [0.29, 0.717) is 10.5 Å². The van der Waals surface area contributed by atoms with E-state index in [-0.39, 0.29) is 10.5 Å². The number of carbonyl (C=O) groups is 1. The van der Waals surface area contributed by atoms with Crippen molar-refractivity contribution >= 4 is 23.4 Å². The van der Waals surface area contributed by atoms with Crippen LogP contribution in [0.1, 0.15) is 15.9 Å². The summed E-state index contributed by atoms with van der Waals surface area (Å²) < 4.78 is 13.5. The van der Waals surface area contributed by atoms with Gasteiger partial charge in [-0.15, -0.1) is 0 Å². The monoisotopic (exact) mass is 307 g/mol. The number of para-hydroxylation sites is 1. The lowest BCUT2D eigenvalue weighted by Gasteiger charge is -2.06. The smallest absolute Gasteiger partial charge is 0.335 e. The van der Waals surface area contributed by atoms with Crippen LogP contribution in [0.2, 0.25) is 0 Å². The van der Waals surface area contributed by atoms with Gasteiger partial charge in [0.15, 0.2) is 0 Å². The van der Waals surface area contributed by atoms with Crippen molar-refractivity contribution in [2.75, 3.05) is 0 Å². The molecule has 0 bridgehead atoms. The zero-order valence-electron chi connectivity index (χ0n) is 10.9. The summed E-state index contributed by atoms with van der Waals surface area (Å²) >= 11 is 0.952. The minimum atomic E-state index is -1.08. The summed E-state index contributed by atoms with van der Waals surface area (Å²) in [7, 11) is 0. The summed E-state index contributed by atoms with van der Waals surface area (Å²) in [5.41, 5.74) is 0.0830. The maximum Gasteiger partial charge on any atom is 0.335 e. The molecule has 0 aliphatic carbocycles. The Morgan fingerprint density at radius 1 is 1.33 bits per heavy atom. The van der Waals surface area contributed by atoms with Crippen molar-refractivity contribution in [2.24, 2.45) is 0 Å². The fourth-order valence-electron chi connectivity index (χ4n) is 1.78. The Kier molecular flexibility index (Phi) is 4.23. The third kappa shape index (κ3) is 3.19. The number of rotatable bonds is 4. The zero-order valence-corrected chi connectivity index (χ0v) is 11.7. The van der Waals surface area contributed by atoms with Crippen LogP contribution in [0.15, 0.2) is 46.2 Å². The standard InChI is InChI=1S/C14H10FNO4S/c1-8-5-6-9(7-10(8)14(17)18)21-12-4-2-3-11(15)13(12)16(19)20/h2-7H,1H3,(H,17,18). The lowest BCUT2D eigenvalue weighted by molar-refractivity contribution is -0.390. The minimum Gasteiger partial charge on any atom is -0.478 e. The second-order valence-electron chi connectivity index (χ2n) is 4.23. The van der Waals surface area contributed by atoms with Crippen LogP contribution in [0.25, 0.3) is 0 Å². The second kappa shape index (κ2) is 5.92. The van der Waals surface area contributed by atoms with E-state index in [1.165, 1.54) is 18.2 Å². The number of aryl methyl sites for hydroxylation is 1. The molecule has 0 aromatic heterocycles. The van der Waals surface area contributed by atoms with E-state index in [1.807, 2.05) is 0 Å². The third-order valence-corrected chi connectivity index (χ3v) is 3.84. The van der Waals surface area contributed by atoms with Crippen LogP contribution in [0, 0.1) is 22.9 Å². The molecule has 2 aromatic rings. The van der Waals surface area contributed by atoms with E-state index in [1.54, 1.807) is 19.1 Å². The minimum absolute atomic E-state index is 0.110. The fourth-order valence-corrected chi connectivity index (χ4v) is 2.76. The van der Waals surface area contributed by atoms with Crippen molar-refractivity contribution in [2.45, 2.75) is 16.7 Å². The van der Waals surface area contributed by atoms with Crippen LogP contribution < -0.4 is 0 Å². The Balaban J connectivity index is 2.44. The Labute approximate surface area is 123 Å². The summed E-state index contributed by atoms with van der Waals surface area (Å²) in [6.07, 6.45) is 0. The quantitative estimate of drug-likeness (QED) is 0.684. The number of halogens is 1. The molecule has 0 radical (unpaired) electrons. The number of nitrogens with zero attached hydrogens (tertiary/aromatic N) is 1. The first-order valence-corrected chi connectivity index (χ1v) is 6.66. The molecule has 0 heterocycles. The molecule has 108 valence electrons. The first-order chi connectivity index (χ1) is 9.90. The van der Waals surface area contributed by atoms with Crippen LogP contribution in [-0.4, -0.2) is 16.0 Å². The van der Waals surface area contributed by atoms with Crippen molar-refractivity contribution in [1.29, 1.82) is 0 Å². The van der Waals surface area contributed by atoms with Crippen LogP contribution in [0.3, 0.4) is 0 Å². The maximum absolute atomic E-state index is 13.5. The maximum atomic E-state index is 13.5. The highest BCUT2D eigenvalue weighted by Crippen LogP contribution is 2.36. The van der Waals surface area contributed by atoms with Gasteiger partial charge in [0.05, 0.1) is 15.4 Å². The second-order valence-corrected chi connectivity index (χ2v) is 5.34. The van der Waals surface area contributed by atoms with Gasteiger partial charge in [-0.1, -0.05) is 23.9 Å². The fraction of sp³-hybridized carbons (Fsp3) is 0.0714. The molecule has 0 saturated heterocycles. The van der Waals surface area contributed by atoms with Crippen LogP contribution in [-0.2, 0) is 0 Å². The van der Waals surface area contributed by atoms with Gasteiger partial charge in [-0.3, -0.25) is 10.1 Å². The summed E-state index contributed by atoms with van der Waals surface area (Å²) in [5, 5.41) is 20.0. The molecule has 0 aliphatic rings. The number of carboxylic acid groups (broad SMARTS) is 1. The molecule has 1 N–H and O–H groups in total. The van der Waals surface area contributed by atoms with Gasteiger partial charge >= 0.3 is 11.7 Å². The van der Waals surface area contributed by atoms with Gasteiger partial charge in [-0.25, -0.2) is 4.79 Å². The van der Waals surface area contributed by atoms with Gasteiger partial charge in [-0.05, 0) is 36.8 Å². The molecule has 0 amide bonds. The van der Waals surface area contributed by atoms with Gasteiger partial charge < -0.3 is 5.11 Å².